The zero-order valence-electron chi connectivity index (χ0n) is 11.7. The van der Waals surface area contributed by atoms with Crippen molar-refractivity contribution in [2.24, 2.45) is 0 Å². The number of fused-ring (bicyclic) bond motifs is 1. The molecule has 0 saturated carbocycles. The molecule has 1 heteroatoms. The summed E-state index contributed by atoms with van der Waals surface area (Å²) in [4.78, 5) is 12.8. The van der Waals surface area contributed by atoms with Crippen molar-refractivity contribution in [1.29, 1.82) is 0 Å². The Bertz CT molecular complexity index is 800. The highest BCUT2D eigenvalue weighted by Gasteiger charge is 2.15. The summed E-state index contributed by atoms with van der Waals surface area (Å²) in [5.41, 5.74) is 3.70. The van der Waals surface area contributed by atoms with Crippen molar-refractivity contribution in [2.45, 2.75) is 13.8 Å². The van der Waals surface area contributed by atoms with Crippen molar-refractivity contribution in [3.63, 3.8) is 0 Å². The number of ketones is 1. The number of hydrogen-bond donors (Lipinski definition) is 0. The number of aryl methyl sites for hydroxylation is 2. The predicted molar refractivity (Wildman–Crippen MR) is 83.3 cm³/mol. The SMILES string of the molecule is Cc1cccc(C(=O)c2c(C)ccc3ccccc23)c1. The smallest absolute Gasteiger partial charge is 0.193 e. The van der Waals surface area contributed by atoms with E-state index in [1.54, 1.807) is 0 Å². The van der Waals surface area contributed by atoms with Gasteiger partial charge in [0.2, 0.25) is 0 Å². The molecule has 0 aromatic heterocycles. The van der Waals surface area contributed by atoms with Gasteiger partial charge in [-0.05, 0) is 36.2 Å². The third-order valence-electron chi connectivity index (χ3n) is 3.64. The second-order valence-electron chi connectivity index (χ2n) is 5.18. The minimum absolute atomic E-state index is 0.100. The summed E-state index contributed by atoms with van der Waals surface area (Å²) in [5, 5.41) is 2.13. The molecule has 0 N–H and O–H groups in total. The number of rotatable bonds is 2. The maximum atomic E-state index is 12.8. The van der Waals surface area contributed by atoms with Gasteiger partial charge < -0.3 is 0 Å². The maximum absolute atomic E-state index is 12.8. The molecule has 0 bridgehead atoms. The van der Waals surface area contributed by atoms with E-state index in [4.69, 9.17) is 0 Å². The molecule has 0 aliphatic heterocycles. The van der Waals surface area contributed by atoms with Crippen molar-refractivity contribution < 1.29 is 4.79 Å². The van der Waals surface area contributed by atoms with Crippen molar-refractivity contribution >= 4 is 16.6 Å². The van der Waals surface area contributed by atoms with Crippen LogP contribution in [0.5, 0.6) is 0 Å². The zero-order valence-corrected chi connectivity index (χ0v) is 11.7. The standard InChI is InChI=1S/C19H16O/c1-13-6-5-8-16(12-13)19(20)18-14(2)10-11-15-7-3-4-9-17(15)18/h3-12H,1-2H3. The van der Waals surface area contributed by atoms with Gasteiger partial charge >= 0.3 is 0 Å². The largest absolute Gasteiger partial charge is 0.289 e. The lowest BCUT2D eigenvalue weighted by Gasteiger charge is -2.10. The van der Waals surface area contributed by atoms with Crippen LogP contribution in [0.3, 0.4) is 0 Å². The van der Waals surface area contributed by atoms with E-state index in [2.05, 4.69) is 6.07 Å². The molecule has 0 spiro atoms. The Morgan fingerprint density at radius 1 is 0.850 bits per heavy atom. The molecular weight excluding hydrogens is 244 g/mol. The van der Waals surface area contributed by atoms with Gasteiger partial charge in [-0.2, -0.15) is 0 Å². The third kappa shape index (κ3) is 2.12. The summed E-state index contributed by atoms with van der Waals surface area (Å²) >= 11 is 0. The van der Waals surface area contributed by atoms with Crippen LogP contribution in [0.4, 0.5) is 0 Å². The van der Waals surface area contributed by atoms with Crippen LogP contribution >= 0.6 is 0 Å². The van der Waals surface area contributed by atoms with Gasteiger partial charge in [-0.1, -0.05) is 60.2 Å². The fourth-order valence-electron chi connectivity index (χ4n) is 2.61. The van der Waals surface area contributed by atoms with Crippen LogP contribution in [-0.4, -0.2) is 5.78 Å². The molecule has 0 amide bonds. The average Bonchev–Trinajstić information content (AvgIpc) is 2.46. The second-order valence-corrected chi connectivity index (χ2v) is 5.18. The zero-order chi connectivity index (χ0) is 14.1. The molecule has 98 valence electrons. The number of benzene rings is 3. The summed E-state index contributed by atoms with van der Waals surface area (Å²) in [6.07, 6.45) is 0. The molecule has 0 saturated heterocycles. The van der Waals surface area contributed by atoms with Gasteiger partial charge in [0.25, 0.3) is 0 Å². The van der Waals surface area contributed by atoms with Crippen LogP contribution in [0.1, 0.15) is 27.0 Å². The fourth-order valence-corrected chi connectivity index (χ4v) is 2.61. The van der Waals surface area contributed by atoms with Gasteiger partial charge in [0.05, 0.1) is 0 Å². The number of carbonyl (C=O) groups is 1. The Labute approximate surface area is 118 Å². The third-order valence-corrected chi connectivity index (χ3v) is 3.64. The van der Waals surface area contributed by atoms with Crippen molar-refractivity contribution in [3.05, 3.63) is 82.9 Å². The molecule has 0 unspecified atom stereocenters. The summed E-state index contributed by atoms with van der Waals surface area (Å²) in [5.74, 6) is 0.100. The Balaban J connectivity index is 2.24. The minimum Gasteiger partial charge on any atom is -0.289 e. The van der Waals surface area contributed by atoms with E-state index < -0.39 is 0 Å². The van der Waals surface area contributed by atoms with Crippen LogP contribution in [0, 0.1) is 13.8 Å². The molecule has 0 atom stereocenters. The normalized spacial score (nSPS) is 10.7. The number of carbonyl (C=O) groups excluding carboxylic acids is 1. The molecular formula is C19H16O. The topological polar surface area (TPSA) is 17.1 Å². The summed E-state index contributed by atoms with van der Waals surface area (Å²) in [6.45, 7) is 4.00. The molecule has 3 aromatic rings. The second kappa shape index (κ2) is 4.93. The van der Waals surface area contributed by atoms with Gasteiger partial charge in [-0.3, -0.25) is 4.79 Å². The summed E-state index contributed by atoms with van der Waals surface area (Å²) in [7, 11) is 0. The summed E-state index contributed by atoms with van der Waals surface area (Å²) < 4.78 is 0. The molecule has 0 radical (unpaired) electrons. The Morgan fingerprint density at radius 2 is 1.65 bits per heavy atom. The minimum atomic E-state index is 0.100. The van der Waals surface area contributed by atoms with Crippen molar-refractivity contribution in [2.75, 3.05) is 0 Å². The first-order valence-electron chi connectivity index (χ1n) is 6.76. The van der Waals surface area contributed by atoms with Crippen molar-refractivity contribution in [3.8, 4) is 0 Å². The van der Waals surface area contributed by atoms with Gasteiger partial charge in [-0.25, -0.2) is 0 Å². The molecule has 0 aliphatic rings. The van der Waals surface area contributed by atoms with E-state index >= 15 is 0 Å². The van der Waals surface area contributed by atoms with E-state index in [9.17, 15) is 4.79 Å². The van der Waals surface area contributed by atoms with Crippen LogP contribution in [0.2, 0.25) is 0 Å². The molecule has 3 aromatic carbocycles. The predicted octanol–water partition coefficient (Wildman–Crippen LogP) is 4.69. The molecule has 0 fully saturated rings. The van der Waals surface area contributed by atoms with E-state index in [0.717, 1.165) is 33.0 Å². The average molecular weight is 260 g/mol. The highest BCUT2D eigenvalue weighted by Crippen LogP contribution is 2.25. The van der Waals surface area contributed by atoms with E-state index in [1.165, 1.54) is 0 Å². The first-order valence-corrected chi connectivity index (χ1v) is 6.76. The van der Waals surface area contributed by atoms with Crippen LogP contribution in [-0.2, 0) is 0 Å². The molecule has 0 heterocycles. The van der Waals surface area contributed by atoms with Gasteiger partial charge in [0.1, 0.15) is 0 Å². The first-order chi connectivity index (χ1) is 9.66. The quantitative estimate of drug-likeness (QED) is 0.611. The fraction of sp³-hybridized carbons (Fsp3) is 0.105. The van der Waals surface area contributed by atoms with E-state index in [1.807, 2.05) is 68.4 Å². The van der Waals surface area contributed by atoms with Gasteiger partial charge in [0.15, 0.2) is 5.78 Å². The molecule has 20 heavy (non-hydrogen) atoms. The van der Waals surface area contributed by atoms with Crippen LogP contribution in [0.25, 0.3) is 10.8 Å². The lowest BCUT2D eigenvalue weighted by molar-refractivity contribution is 0.103. The van der Waals surface area contributed by atoms with Gasteiger partial charge in [0, 0.05) is 11.1 Å². The molecule has 1 nitrogen and oxygen atoms in total. The Hall–Kier alpha value is -2.41. The highest BCUT2D eigenvalue weighted by atomic mass is 16.1. The van der Waals surface area contributed by atoms with E-state index in [-0.39, 0.29) is 5.78 Å². The van der Waals surface area contributed by atoms with Crippen molar-refractivity contribution in [1.82, 2.24) is 0 Å². The Morgan fingerprint density at radius 3 is 2.45 bits per heavy atom. The monoisotopic (exact) mass is 260 g/mol. The van der Waals surface area contributed by atoms with Crippen LogP contribution in [0.15, 0.2) is 60.7 Å². The lowest BCUT2D eigenvalue weighted by atomic mass is 9.93. The Kier molecular flexibility index (Phi) is 3.11. The number of hydrogen-bond acceptors (Lipinski definition) is 1. The highest BCUT2D eigenvalue weighted by molar-refractivity contribution is 6.17. The van der Waals surface area contributed by atoms with Gasteiger partial charge in [-0.15, -0.1) is 0 Å². The first kappa shape index (κ1) is 12.6. The molecule has 3 rings (SSSR count). The lowest BCUT2D eigenvalue weighted by Crippen LogP contribution is -2.05. The van der Waals surface area contributed by atoms with E-state index in [0.29, 0.717) is 0 Å². The van der Waals surface area contributed by atoms with Crippen LogP contribution < -0.4 is 0 Å². The summed E-state index contributed by atoms with van der Waals surface area (Å²) in [6, 6.07) is 19.9. The molecule has 0 aliphatic carbocycles. The maximum Gasteiger partial charge on any atom is 0.193 e.